The summed E-state index contributed by atoms with van der Waals surface area (Å²) in [5.74, 6) is -0.660. The van der Waals surface area contributed by atoms with Crippen LogP contribution < -0.4 is 9.62 Å². The van der Waals surface area contributed by atoms with Crippen LogP contribution in [0, 0.1) is 6.92 Å². The van der Waals surface area contributed by atoms with Gasteiger partial charge in [-0.3, -0.25) is 13.9 Å². The molecule has 0 aliphatic carbocycles. The van der Waals surface area contributed by atoms with Gasteiger partial charge in [0.2, 0.25) is 21.8 Å². The van der Waals surface area contributed by atoms with Crippen LogP contribution in [0.15, 0.2) is 48.5 Å². The first-order valence-corrected chi connectivity index (χ1v) is 13.6. The maximum absolute atomic E-state index is 13.6. The molecular weight excluding hydrogens is 450 g/mol. The first-order chi connectivity index (χ1) is 16.1. The number of carbonyl (C=O) groups is 2. The highest BCUT2D eigenvalue weighted by molar-refractivity contribution is 7.92. The number of amides is 2. The van der Waals surface area contributed by atoms with E-state index in [1.807, 2.05) is 64.1 Å². The molecule has 186 valence electrons. The molecule has 0 aromatic heterocycles. The summed E-state index contributed by atoms with van der Waals surface area (Å²) >= 11 is 0. The average molecular weight is 488 g/mol. The molecule has 1 N–H and O–H groups in total. The van der Waals surface area contributed by atoms with Crippen molar-refractivity contribution in [3.63, 3.8) is 0 Å². The van der Waals surface area contributed by atoms with Crippen LogP contribution >= 0.6 is 0 Å². The Morgan fingerprint density at radius 1 is 0.941 bits per heavy atom. The lowest BCUT2D eigenvalue weighted by atomic mass is 10.1. The van der Waals surface area contributed by atoms with Crippen LogP contribution in [0.5, 0.6) is 0 Å². The molecule has 2 amide bonds. The summed E-state index contributed by atoms with van der Waals surface area (Å²) in [5.41, 5.74) is 3.46. The summed E-state index contributed by atoms with van der Waals surface area (Å²) in [6.45, 7) is 8.16. The van der Waals surface area contributed by atoms with E-state index in [0.29, 0.717) is 18.7 Å². The number of anilines is 1. The first kappa shape index (κ1) is 27.4. The SMILES string of the molecule is CCCNC(=O)[C@H](CC)N(Cc1ccc(C)cc1)C(=O)CN(c1ccc(CC)cc1)S(C)(=O)=O. The van der Waals surface area contributed by atoms with Gasteiger partial charge in [-0.2, -0.15) is 0 Å². The Hall–Kier alpha value is -2.87. The zero-order valence-corrected chi connectivity index (χ0v) is 21.7. The molecule has 0 aliphatic heterocycles. The topological polar surface area (TPSA) is 86.8 Å². The van der Waals surface area contributed by atoms with E-state index >= 15 is 0 Å². The molecule has 34 heavy (non-hydrogen) atoms. The Bertz CT molecular complexity index is 1050. The van der Waals surface area contributed by atoms with E-state index < -0.39 is 22.0 Å². The van der Waals surface area contributed by atoms with Crippen LogP contribution in [0.3, 0.4) is 0 Å². The van der Waals surface area contributed by atoms with Crippen molar-refractivity contribution in [1.82, 2.24) is 10.2 Å². The van der Waals surface area contributed by atoms with Crippen molar-refractivity contribution in [3.8, 4) is 0 Å². The third-order valence-electron chi connectivity index (χ3n) is 5.72. The molecule has 0 radical (unpaired) electrons. The maximum atomic E-state index is 13.6. The summed E-state index contributed by atoms with van der Waals surface area (Å²) in [4.78, 5) is 28.0. The monoisotopic (exact) mass is 487 g/mol. The van der Waals surface area contributed by atoms with Gasteiger partial charge in [0.05, 0.1) is 11.9 Å². The first-order valence-electron chi connectivity index (χ1n) is 11.8. The van der Waals surface area contributed by atoms with Crippen molar-refractivity contribution >= 4 is 27.5 Å². The highest BCUT2D eigenvalue weighted by Gasteiger charge is 2.31. The number of aryl methyl sites for hydroxylation is 2. The summed E-state index contributed by atoms with van der Waals surface area (Å²) in [7, 11) is -3.73. The molecule has 0 bridgehead atoms. The van der Waals surface area contributed by atoms with Gasteiger partial charge in [0, 0.05) is 13.1 Å². The number of carbonyl (C=O) groups excluding carboxylic acids is 2. The van der Waals surface area contributed by atoms with Crippen molar-refractivity contribution < 1.29 is 18.0 Å². The molecule has 0 saturated heterocycles. The van der Waals surface area contributed by atoms with Crippen molar-refractivity contribution in [1.29, 1.82) is 0 Å². The van der Waals surface area contributed by atoms with E-state index in [2.05, 4.69) is 5.32 Å². The van der Waals surface area contributed by atoms with Gasteiger partial charge < -0.3 is 10.2 Å². The minimum Gasteiger partial charge on any atom is -0.354 e. The van der Waals surface area contributed by atoms with Gasteiger partial charge in [0.15, 0.2) is 0 Å². The van der Waals surface area contributed by atoms with Crippen LogP contribution in [0.4, 0.5) is 5.69 Å². The molecule has 8 heteroatoms. The molecule has 2 aromatic rings. The van der Waals surface area contributed by atoms with Crippen molar-refractivity contribution in [2.24, 2.45) is 0 Å². The molecule has 0 fully saturated rings. The molecule has 0 heterocycles. The van der Waals surface area contributed by atoms with Crippen LogP contribution in [-0.4, -0.2) is 50.5 Å². The van der Waals surface area contributed by atoms with Crippen molar-refractivity contribution in [2.45, 2.75) is 59.5 Å². The molecule has 1 atom stereocenters. The van der Waals surface area contributed by atoms with E-state index in [1.165, 1.54) is 4.90 Å². The number of hydrogen-bond acceptors (Lipinski definition) is 4. The van der Waals surface area contributed by atoms with Crippen LogP contribution in [0.25, 0.3) is 0 Å². The van der Waals surface area contributed by atoms with Gasteiger partial charge in [0.1, 0.15) is 12.6 Å². The van der Waals surface area contributed by atoms with Gasteiger partial charge in [-0.05, 0) is 49.4 Å². The second-order valence-corrected chi connectivity index (χ2v) is 10.4. The zero-order valence-electron chi connectivity index (χ0n) is 20.9. The lowest BCUT2D eigenvalue weighted by Gasteiger charge is -2.33. The lowest BCUT2D eigenvalue weighted by molar-refractivity contribution is -0.140. The van der Waals surface area contributed by atoms with E-state index in [0.717, 1.165) is 40.1 Å². The Balaban J connectivity index is 2.40. The van der Waals surface area contributed by atoms with Gasteiger partial charge in [-0.15, -0.1) is 0 Å². The normalized spacial score (nSPS) is 12.1. The second kappa shape index (κ2) is 12.6. The summed E-state index contributed by atoms with van der Waals surface area (Å²) < 4.78 is 26.4. The fourth-order valence-corrected chi connectivity index (χ4v) is 4.54. The fraction of sp³-hybridized carbons (Fsp3) is 0.462. The third-order valence-corrected chi connectivity index (χ3v) is 6.86. The molecule has 0 aliphatic rings. The summed E-state index contributed by atoms with van der Waals surface area (Å²) in [6, 6.07) is 14.2. The number of sulfonamides is 1. The van der Waals surface area contributed by atoms with Crippen LogP contribution in [-0.2, 0) is 32.6 Å². The quantitative estimate of drug-likeness (QED) is 0.495. The average Bonchev–Trinajstić information content (AvgIpc) is 2.81. The van der Waals surface area contributed by atoms with Crippen molar-refractivity contribution in [2.75, 3.05) is 23.7 Å². The Kier molecular flexibility index (Phi) is 10.1. The van der Waals surface area contributed by atoms with E-state index in [1.54, 1.807) is 12.1 Å². The molecule has 0 saturated carbocycles. The van der Waals surface area contributed by atoms with Crippen molar-refractivity contribution in [3.05, 3.63) is 65.2 Å². The third kappa shape index (κ3) is 7.58. The lowest BCUT2D eigenvalue weighted by Crippen LogP contribution is -2.52. The van der Waals surface area contributed by atoms with Gasteiger partial charge in [-0.1, -0.05) is 62.7 Å². The number of nitrogens with one attached hydrogen (secondary N) is 1. The van der Waals surface area contributed by atoms with Gasteiger partial charge >= 0.3 is 0 Å². The number of benzene rings is 2. The zero-order chi connectivity index (χ0) is 25.3. The Labute approximate surface area is 204 Å². The number of rotatable bonds is 12. The largest absolute Gasteiger partial charge is 0.354 e. The summed E-state index contributed by atoms with van der Waals surface area (Å²) in [5, 5.41) is 2.88. The number of nitrogens with zero attached hydrogens (tertiary/aromatic N) is 2. The van der Waals surface area contributed by atoms with Gasteiger partial charge in [0.25, 0.3) is 0 Å². The Morgan fingerprint density at radius 2 is 1.53 bits per heavy atom. The minimum absolute atomic E-state index is 0.212. The smallest absolute Gasteiger partial charge is 0.244 e. The minimum atomic E-state index is -3.73. The van der Waals surface area contributed by atoms with Gasteiger partial charge in [-0.25, -0.2) is 8.42 Å². The van der Waals surface area contributed by atoms with Crippen LogP contribution in [0.2, 0.25) is 0 Å². The Morgan fingerprint density at radius 3 is 2.03 bits per heavy atom. The van der Waals surface area contributed by atoms with E-state index in [-0.39, 0.29) is 19.0 Å². The molecule has 0 spiro atoms. The van der Waals surface area contributed by atoms with Crippen LogP contribution in [0.1, 0.15) is 50.3 Å². The van der Waals surface area contributed by atoms with E-state index in [4.69, 9.17) is 0 Å². The molecule has 0 unspecified atom stereocenters. The predicted molar refractivity (Wildman–Crippen MR) is 137 cm³/mol. The molecule has 2 aromatic carbocycles. The maximum Gasteiger partial charge on any atom is 0.244 e. The fourth-order valence-electron chi connectivity index (χ4n) is 3.69. The molecular formula is C26H37N3O4S. The highest BCUT2D eigenvalue weighted by Crippen LogP contribution is 2.21. The second-order valence-electron chi connectivity index (χ2n) is 8.51. The predicted octanol–water partition coefficient (Wildman–Crippen LogP) is 3.66. The number of hydrogen-bond donors (Lipinski definition) is 1. The van der Waals surface area contributed by atoms with E-state index in [9.17, 15) is 18.0 Å². The highest BCUT2D eigenvalue weighted by atomic mass is 32.2. The molecule has 2 rings (SSSR count). The standard InChI is InChI=1S/C26H37N3O4S/c1-6-17-27-26(31)24(8-3)28(18-22-11-9-20(4)10-12-22)25(30)19-29(34(5,32)33)23-15-13-21(7-2)14-16-23/h9-16,24H,6-8,17-19H2,1-5H3,(H,27,31)/t24-/m0/s1. The molecule has 7 nitrogen and oxygen atoms in total. The summed E-state index contributed by atoms with van der Waals surface area (Å²) in [6.07, 6.45) is 3.11.